The number of hydrogen-bond acceptors (Lipinski definition) is 5. The van der Waals surface area contributed by atoms with Gasteiger partial charge in [-0.25, -0.2) is 0 Å². The Bertz CT molecular complexity index is 984. The lowest BCUT2D eigenvalue weighted by Gasteiger charge is -2.11. The summed E-state index contributed by atoms with van der Waals surface area (Å²) in [7, 11) is 0. The number of hydrogen-bond donors (Lipinski definition) is 0. The van der Waals surface area contributed by atoms with Crippen LogP contribution in [0.5, 0.6) is 11.5 Å². The van der Waals surface area contributed by atoms with E-state index in [1.54, 1.807) is 11.0 Å². The summed E-state index contributed by atoms with van der Waals surface area (Å²) in [6.07, 6.45) is 4.29. The van der Waals surface area contributed by atoms with Crippen molar-refractivity contribution in [2.24, 2.45) is 0 Å². The lowest BCUT2D eigenvalue weighted by atomic mass is 10.1. The van der Waals surface area contributed by atoms with Crippen molar-refractivity contribution in [2.75, 3.05) is 19.8 Å². The van der Waals surface area contributed by atoms with E-state index in [4.69, 9.17) is 21.7 Å². The molecule has 6 heteroatoms. The van der Waals surface area contributed by atoms with Gasteiger partial charge in [0.15, 0.2) is 0 Å². The summed E-state index contributed by atoms with van der Waals surface area (Å²) in [5.74, 6) is 1.60. The molecule has 30 heavy (non-hydrogen) atoms. The topological polar surface area (TPSA) is 38.8 Å². The van der Waals surface area contributed by atoms with E-state index < -0.39 is 0 Å². The van der Waals surface area contributed by atoms with Crippen LogP contribution < -0.4 is 9.47 Å². The molecule has 2 aromatic carbocycles. The zero-order valence-electron chi connectivity index (χ0n) is 17.2. The van der Waals surface area contributed by atoms with Crippen LogP contribution in [0, 0.1) is 13.8 Å². The van der Waals surface area contributed by atoms with E-state index in [2.05, 4.69) is 31.7 Å². The zero-order chi connectivity index (χ0) is 21.5. The maximum atomic E-state index is 12.5. The smallest absolute Gasteiger partial charge is 0.266 e. The highest BCUT2D eigenvalue weighted by molar-refractivity contribution is 8.26. The van der Waals surface area contributed by atoms with Crippen LogP contribution in [-0.2, 0) is 4.79 Å². The van der Waals surface area contributed by atoms with Gasteiger partial charge in [-0.05, 0) is 54.8 Å². The first-order chi connectivity index (χ1) is 14.5. The van der Waals surface area contributed by atoms with E-state index in [1.807, 2.05) is 37.3 Å². The highest BCUT2D eigenvalue weighted by Crippen LogP contribution is 2.32. The van der Waals surface area contributed by atoms with E-state index in [0.29, 0.717) is 29.0 Å². The van der Waals surface area contributed by atoms with Crippen LogP contribution in [0.15, 0.2) is 60.0 Å². The molecule has 0 aromatic heterocycles. The number of nitrogens with zero attached hydrogens (tertiary/aromatic N) is 1. The first-order valence-electron chi connectivity index (χ1n) is 9.77. The van der Waals surface area contributed by atoms with Crippen LogP contribution in [0.25, 0.3) is 6.08 Å². The van der Waals surface area contributed by atoms with E-state index >= 15 is 0 Å². The Balaban J connectivity index is 1.52. The molecule has 0 atom stereocenters. The predicted molar refractivity (Wildman–Crippen MR) is 128 cm³/mol. The molecule has 0 spiro atoms. The maximum Gasteiger partial charge on any atom is 0.266 e. The highest BCUT2D eigenvalue weighted by atomic mass is 32.2. The van der Waals surface area contributed by atoms with Gasteiger partial charge in [0.2, 0.25) is 0 Å². The number of thioether (sulfide) groups is 1. The first-order valence-corrected chi connectivity index (χ1v) is 11.0. The summed E-state index contributed by atoms with van der Waals surface area (Å²) in [4.78, 5) is 14.6. The quantitative estimate of drug-likeness (QED) is 0.222. The maximum absolute atomic E-state index is 12.5. The van der Waals surface area contributed by atoms with E-state index in [-0.39, 0.29) is 5.91 Å². The number of carbonyl (C=O) groups is 1. The minimum atomic E-state index is -0.0835. The second-order valence-corrected chi connectivity index (χ2v) is 8.65. The largest absolute Gasteiger partial charge is 0.493 e. The standard InChI is InChI=1S/C24H25NO3S2/c1-4-11-25-23(26)22(30-24(25)29)16-19-7-5-8-20(15-19)27-12-6-13-28-21-14-17(2)9-10-18(21)3/h4-5,7-10,14-16H,1,6,11-13H2,2-3H3/b22-16+. The summed E-state index contributed by atoms with van der Waals surface area (Å²) in [6, 6.07) is 13.9. The molecule has 0 bridgehead atoms. The number of thiocarbonyl (C=S) groups is 1. The fraction of sp³-hybridized carbons (Fsp3) is 0.250. The molecule has 1 heterocycles. The zero-order valence-corrected chi connectivity index (χ0v) is 18.9. The molecular formula is C24H25NO3S2. The molecule has 0 N–H and O–H groups in total. The van der Waals surface area contributed by atoms with Crippen molar-refractivity contribution in [3.8, 4) is 11.5 Å². The Morgan fingerprint density at radius 1 is 1.13 bits per heavy atom. The molecule has 2 aromatic rings. The molecule has 4 nitrogen and oxygen atoms in total. The lowest BCUT2D eigenvalue weighted by Crippen LogP contribution is -2.27. The first kappa shape index (κ1) is 22.1. The van der Waals surface area contributed by atoms with Gasteiger partial charge in [-0.3, -0.25) is 9.69 Å². The van der Waals surface area contributed by atoms with Crippen molar-refractivity contribution in [3.63, 3.8) is 0 Å². The van der Waals surface area contributed by atoms with E-state index in [0.717, 1.165) is 29.0 Å². The molecule has 0 aliphatic carbocycles. The molecule has 1 fully saturated rings. The summed E-state index contributed by atoms with van der Waals surface area (Å²) in [6.45, 7) is 9.34. The van der Waals surface area contributed by atoms with Gasteiger partial charge < -0.3 is 9.47 Å². The van der Waals surface area contributed by atoms with Crippen LogP contribution in [-0.4, -0.2) is 34.9 Å². The second kappa shape index (κ2) is 10.5. The molecule has 1 aliphatic heterocycles. The lowest BCUT2D eigenvalue weighted by molar-refractivity contribution is -0.121. The molecule has 0 radical (unpaired) electrons. The molecule has 3 rings (SSSR count). The molecule has 1 amide bonds. The highest BCUT2D eigenvalue weighted by Gasteiger charge is 2.30. The monoisotopic (exact) mass is 439 g/mol. The Hall–Kier alpha value is -2.57. The van der Waals surface area contributed by atoms with Gasteiger partial charge in [0, 0.05) is 13.0 Å². The summed E-state index contributed by atoms with van der Waals surface area (Å²) < 4.78 is 12.3. The number of carbonyl (C=O) groups excluding carboxylic acids is 1. The van der Waals surface area contributed by atoms with Crippen molar-refractivity contribution in [1.29, 1.82) is 0 Å². The summed E-state index contributed by atoms with van der Waals surface area (Å²) in [5.41, 5.74) is 3.22. The average Bonchev–Trinajstić information content (AvgIpc) is 2.98. The Morgan fingerprint density at radius 3 is 2.73 bits per heavy atom. The van der Waals surface area contributed by atoms with Crippen molar-refractivity contribution in [1.82, 2.24) is 4.90 Å². The Labute approximate surface area is 187 Å². The van der Waals surface area contributed by atoms with Gasteiger partial charge in [-0.15, -0.1) is 6.58 Å². The van der Waals surface area contributed by atoms with Gasteiger partial charge >= 0.3 is 0 Å². The minimum absolute atomic E-state index is 0.0835. The van der Waals surface area contributed by atoms with Crippen LogP contribution in [0.1, 0.15) is 23.1 Å². The number of rotatable bonds is 9. The summed E-state index contributed by atoms with van der Waals surface area (Å²) in [5, 5.41) is 0. The Morgan fingerprint density at radius 2 is 1.93 bits per heavy atom. The third kappa shape index (κ3) is 5.74. The average molecular weight is 440 g/mol. The molecular weight excluding hydrogens is 414 g/mol. The fourth-order valence-electron chi connectivity index (χ4n) is 2.93. The molecule has 0 unspecified atom stereocenters. The minimum Gasteiger partial charge on any atom is -0.493 e. The predicted octanol–water partition coefficient (Wildman–Crippen LogP) is 5.54. The van der Waals surface area contributed by atoms with Crippen molar-refractivity contribution in [3.05, 3.63) is 76.7 Å². The van der Waals surface area contributed by atoms with Crippen LogP contribution in [0.3, 0.4) is 0 Å². The van der Waals surface area contributed by atoms with E-state index in [9.17, 15) is 4.79 Å². The number of amides is 1. The second-order valence-electron chi connectivity index (χ2n) is 6.97. The van der Waals surface area contributed by atoms with Gasteiger partial charge in [0.05, 0.1) is 18.1 Å². The molecule has 1 saturated heterocycles. The fourth-order valence-corrected chi connectivity index (χ4v) is 4.20. The van der Waals surface area contributed by atoms with E-state index in [1.165, 1.54) is 17.3 Å². The molecule has 0 saturated carbocycles. The Kier molecular flexibility index (Phi) is 7.71. The number of benzene rings is 2. The summed E-state index contributed by atoms with van der Waals surface area (Å²) >= 11 is 6.59. The number of ether oxygens (including phenoxy) is 2. The van der Waals surface area contributed by atoms with Gasteiger partial charge in [-0.1, -0.05) is 54.3 Å². The van der Waals surface area contributed by atoms with Crippen LogP contribution >= 0.6 is 24.0 Å². The number of aryl methyl sites for hydroxylation is 2. The molecule has 1 aliphatic rings. The van der Waals surface area contributed by atoms with Crippen molar-refractivity contribution >= 4 is 40.3 Å². The van der Waals surface area contributed by atoms with Gasteiger partial charge in [0.1, 0.15) is 15.8 Å². The van der Waals surface area contributed by atoms with Crippen LogP contribution in [0.2, 0.25) is 0 Å². The third-order valence-electron chi connectivity index (χ3n) is 4.50. The molecule has 156 valence electrons. The van der Waals surface area contributed by atoms with Gasteiger partial charge in [0.25, 0.3) is 5.91 Å². The normalized spacial score (nSPS) is 15.0. The van der Waals surface area contributed by atoms with Crippen molar-refractivity contribution < 1.29 is 14.3 Å². The van der Waals surface area contributed by atoms with Crippen LogP contribution in [0.4, 0.5) is 0 Å². The van der Waals surface area contributed by atoms with Gasteiger partial charge in [-0.2, -0.15) is 0 Å². The third-order valence-corrected chi connectivity index (χ3v) is 5.88. The SMILES string of the molecule is C=CCN1C(=O)/C(=C\c2cccc(OCCCOc3cc(C)ccc3C)c2)SC1=S. The van der Waals surface area contributed by atoms with Crippen molar-refractivity contribution in [2.45, 2.75) is 20.3 Å².